The van der Waals surface area contributed by atoms with Crippen LogP contribution in [-0.2, 0) is 31.2 Å². The molecule has 0 fully saturated rings. The van der Waals surface area contributed by atoms with Gasteiger partial charge in [0.1, 0.15) is 16.8 Å². The van der Waals surface area contributed by atoms with Crippen molar-refractivity contribution in [3.8, 4) is 5.75 Å². The number of aliphatic carboxylic acids is 1. The summed E-state index contributed by atoms with van der Waals surface area (Å²) in [6.07, 6.45) is 1.74. The highest BCUT2D eigenvalue weighted by atomic mass is 16.5. The number of benzene rings is 2. The van der Waals surface area contributed by atoms with E-state index < -0.39 is 5.97 Å². The van der Waals surface area contributed by atoms with Crippen molar-refractivity contribution in [3.63, 3.8) is 0 Å². The summed E-state index contributed by atoms with van der Waals surface area (Å²) in [5.41, 5.74) is 9.16. The van der Waals surface area contributed by atoms with Gasteiger partial charge in [-0.2, -0.15) is 0 Å². The van der Waals surface area contributed by atoms with Crippen LogP contribution in [0.3, 0.4) is 0 Å². The van der Waals surface area contributed by atoms with Crippen LogP contribution in [0.1, 0.15) is 52.9 Å². The molecular weight excluding hydrogens is 454 g/mol. The molecule has 36 heavy (non-hydrogen) atoms. The third-order valence-electron chi connectivity index (χ3n) is 7.18. The zero-order chi connectivity index (χ0) is 25.4. The van der Waals surface area contributed by atoms with Gasteiger partial charge in [0.2, 0.25) is 0 Å². The summed E-state index contributed by atoms with van der Waals surface area (Å²) in [5, 5.41) is 18.2. The quantitative estimate of drug-likeness (QED) is 0.414. The number of hydrogen-bond acceptors (Lipinski definition) is 6. The number of aromatic nitrogens is 4. The summed E-state index contributed by atoms with van der Waals surface area (Å²) in [6, 6.07) is 14.4. The molecule has 186 valence electrons. The first kappa shape index (κ1) is 23.8. The highest BCUT2D eigenvalue weighted by molar-refractivity contribution is 5.83. The number of hydrogen-bond donors (Lipinski definition) is 1. The van der Waals surface area contributed by atoms with Crippen molar-refractivity contribution in [2.75, 3.05) is 18.6 Å². The Kier molecular flexibility index (Phi) is 6.35. The van der Waals surface area contributed by atoms with E-state index in [4.69, 9.17) is 9.72 Å². The Labute approximate surface area is 210 Å². The molecule has 4 aromatic rings. The average molecular weight is 486 g/mol. The van der Waals surface area contributed by atoms with Crippen LogP contribution in [0.5, 0.6) is 5.75 Å². The molecule has 2 aromatic heterocycles. The Hall–Kier alpha value is -3.94. The molecule has 3 heterocycles. The van der Waals surface area contributed by atoms with Gasteiger partial charge in [-0.05, 0) is 66.3 Å². The van der Waals surface area contributed by atoms with Crippen LogP contribution >= 0.6 is 0 Å². The van der Waals surface area contributed by atoms with Crippen LogP contribution in [0.2, 0.25) is 0 Å². The fourth-order valence-electron chi connectivity index (χ4n) is 5.42. The van der Waals surface area contributed by atoms with Gasteiger partial charge in [0.15, 0.2) is 0 Å². The molecule has 0 saturated heterocycles. The lowest BCUT2D eigenvalue weighted by Crippen LogP contribution is -2.32. The van der Waals surface area contributed by atoms with E-state index >= 15 is 0 Å². The van der Waals surface area contributed by atoms with Crippen molar-refractivity contribution in [2.24, 2.45) is 7.05 Å². The molecule has 0 bridgehead atoms. The number of carbonyl (C=O) groups is 1. The smallest absolute Gasteiger partial charge is 0.304 e. The number of carboxylic acid groups (broad SMARTS) is 1. The highest BCUT2D eigenvalue weighted by Crippen LogP contribution is 2.38. The minimum Gasteiger partial charge on any atom is -0.494 e. The minimum atomic E-state index is -0.842. The maximum atomic E-state index is 12.0. The number of nitrogens with zero attached hydrogens (tertiary/aromatic N) is 5. The molecule has 0 spiro atoms. The molecule has 0 radical (unpaired) electrons. The maximum Gasteiger partial charge on any atom is 0.304 e. The molecular formula is C28H31N5O3. The number of aryl methyl sites for hydroxylation is 3. The maximum absolute atomic E-state index is 12.0. The molecule has 2 aromatic carbocycles. The molecule has 0 saturated carbocycles. The van der Waals surface area contributed by atoms with Gasteiger partial charge in [-0.15, -0.1) is 5.10 Å². The van der Waals surface area contributed by atoms with E-state index in [1.54, 1.807) is 11.8 Å². The van der Waals surface area contributed by atoms with Crippen molar-refractivity contribution in [2.45, 2.75) is 45.6 Å². The number of fused-ring (bicyclic) bond motifs is 2. The van der Waals surface area contributed by atoms with Crippen molar-refractivity contribution >= 4 is 22.7 Å². The Morgan fingerprint density at radius 2 is 2.06 bits per heavy atom. The standard InChI is InChI=1S/C28H31N5O3/c1-5-20-9-10-25(17(2)29-20)33-12-11-21-18(16-33)7-6-8-22(21)23(15-27(34)35)19-13-24-28(26(14-19)36-4)32(3)31-30-24/h6-10,13-14,23H,5,11-12,15-16H2,1-4H3,(H,34,35). The molecule has 8 nitrogen and oxygen atoms in total. The van der Waals surface area contributed by atoms with Gasteiger partial charge in [0.05, 0.1) is 24.9 Å². The van der Waals surface area contributed by atoms with Gasteiger partial charge in [-0.3, -0.25) is 9.78 Å². The zero-order valence-corrected chi connectivity index (χ0v) is 21.2. The summed E-state index contributed by atoms with van der Waals surface area (Å²) < 4.78 is 7.31. The second-order valence-corrected chi connectivity index (χ2v) is 9.37. The van der Waals surface area contributed by atoms with Crippen molar-refractivity contribution in [3.05, 3.63) is 76.1 Å². The van der Waals surface area contributed by atoms with Crippen molar-refractivity contribution < 1.29 is 14.6 Å². The van der Waals surface area contributed by atoms with Gasteiger partial charge in [-0.25, -0.2) is 4.68 Å². The second-order valence-electron chi connectivity index (χ2n) is 9.37. The number of ether oxygens (including phenoxy) is 1. The molecule has 1 aliphatic heterocycles. The van der Waals surface area contributed by atoms with E-state index in [0.29, 0.717) is 11.3 Å². The Morgan fingerprint density at radius 3 is 2.78 bits per heavy atom. The first-order valence-corrected chi connectivity index (χ1v) is 12.3. The monoisotopic (exact) mass is 485 g/mol. The normalized spacial score (nSPS) is 14.1. The fourth-order valence-corrected chi connectivity index (χ4v) is 5.42. The molecule has 1 aliphatic rings. The first-order valence-electron chi connectivity index (χ1n) is 12.3. The first-order chi connectivity index (χ1) is 17.4. The molecule has 8 heteroatoms. The van der Waals surface area contributed by atoms with Crippen molar-refractivity contribution in [1.29, 1.82) is 0 Å². The number of methoxy groups -OCH3 is 1. The molecule has 0 aliphatic carbocycles. The van der Waals surface area contributed by atoms with E-state index in [1.165, 1.54) is 11.1 Å². The summed E-state index contributed by atoms with van der Waals surface area (Å²) >= 11 is 0. The summed E-state index contributed by atoms with van der Waals surface area (Å²) in [5.74, 6) is -0.526. The van der Waals surface area contributed by atoms with Crippen LogP contribution in [0, 0.1) is 6.92 Å². The molecule has 0 amide bonds. The van der Waals surface area contributed by atoms with Crippen LogP contribution < -0.4 is 9.64 Å². The third-order valence-corrected chi connectivity index (χ3v) is 7.18. The summed E-state index contributed by atoms with van der Waals surface area (Å²) in [6.45, 7) is 5.80. The number of rotatable bonds is 7. The molecule has 1 N–H and O–H groups in total. The van der Waals surface area contributed by atoms with E-state index in [1.807, 2.05) is 25.2 Å². The topological polar surface area (TPSA) is 93.4 Å². The minimum absolute atomic E-state index is 0.0173. The molecule has 1 atom stereocenters. The van der Waals surface area contributed by atoms with E-state index in [2.05, 4.69) is 53.3 Å². The Morgan fingerprint density at radius 1 is 1.22 bits per heavy atom. The third kappa shape index (κ3) is 4.27. The average Bonchev–Trinajstić information content (AvgIpc) is 3.26. The van der Waals surface area contributed by atoms with Gasteiger partial charge in [0.25, 0.3) is 0 Å². The van der Waals surface area contributed by atoms with Crippen LogP contribution in [-0.4, -0.2) is 44.7 Å². The van der Waals surface area contributed by atoms with Crippen LogP contribution in [0.4, 0.5) is 5.69 Å². The predicted molar refractivity (Wildman–Crippen MR) is 139 cm³/mol. The number of pyridine rings is 1. The van der Waals surface area contributed by atoms with E-state index in [0.717, 1.165) is 59.7 Å². The summed E-state index contributed by atoms with van der Waals surface area (Å²) in [4.78, 5) is 19.1. The number of anilines is 1. The Bertz CT molecular complexity index is 1440. The summed E-state index contributed by atoms with van der Waals surface area (Å²) in [7, 11) is 3.43. The van der Waals surface area contributed by atoms with Crippen molar-refractivity contribution in [1.82, 2.24) is 20.0 Å². The lowest BCUT2D eigenvalue weighted by Gasteiger charge is -2.34. The number of carboxylic acids is 1. The van der Waals surface area contributed by atoms with Gasteiger partial charge >= 0.3 is 5.97 Å². The van der Waals surface area contributed by atoms with Crippen LogP contribution in [0.15, 0.2) is 42.5 Å². The predicted octanol–water partition coefficient (Wildman–Crippen LogP) is 4.41. The fraction of sp³-hybridized carbons (Fsp3) is 0.357. The highest BCUT2D eigenvalue weighted by Gasteiger charge is 2.27. The van der Waals surface area contributed by atoms with Crippen LogP contribution in [0.25, 0.3) is 11.0 Å². The van der Waals surface area contributed by atoms with E-state index in [9.17, 15) is 9.90 Å². The van der Waals surface area contributed by atoms with Gasteiger partial charge < -0.3 is 14.7 Å². The van der Waals surface area contributed by atoms with E-state index in [-0.39, 0.29) is 12.3 Å². The molecule has 5 rings (SSSR count). The van der Waals surface area contributed by atoms with Gasteiger partial charge in [-0.1, -0.05) is 30.3 Å². The SMILES string of the molecule is CCc1ccc(N2CCc3c(cccc3C(CC(=O)O)c3cc(OC)c4c(c3)nnn4C)C2)c(C)n1. The Balaban J connectivity index is 1.55. The molecule has 1 unspecified atom stereocenters. The second kappa shape index (κ2) is 9.60. The zero-order valence-electron chi connectivity index (χ0n) is 21.2. The largest absolute Gasteiger partial charge is 0.494 e. The van der Waals surface area contributed by atoms with Gasteiger partial charge in [0, 0.05) is 31.7 Å². The lowest BCUT2D eigenvalue weighted by atomic mass is 9.82. The lowest BCUT2D eigenvalue weighted by molar-refractivity contribution is -0.137.